The quantitative estimate of drug-likeness (QED) is 0.683. The lowest BCUT2D eigenvalue weighted by atomic mass is 9.94. The molecule has 154 valence electrons. The van der Waals surface area contributed by atoms with Crippen LogP contribution >= 0.6 is 0 Å². The minimum Gasteiger partial charge on any atom is -0.357 e. The summed E-state index contributed by atoms with van der Waals surface area (Å²) in [5, 5.41) is 3.94. The fourth-order valence-corrected chi connectivity index (χ4v) is 3.64. The highest BCUT2D eigenvalue weighted by atomic mass is 19.4. The Labute approximate surface area is 165 Å². The SMILES string of the molecule is CC(C)c1cc(C(=O)N2CCCC(c3cc4nc(C(F)(F)F)ccc4[nH]3)C2)on1. The van der Waals surface area contributed by atoms with E-state index in [1.165, 1.54) is 6.07 Å². The van der Waals surface area contributed by atoms with E-state index in [1.54, 1.807) is 17.0 Å². The second-order valence-corrected chi connectivity index (χ2v) is 7.71. The lowest BCUT2D eigenvalue weighted by molar-refractivity contribution is -0.140. The maximum atomic E-state index is 12.9. The van der Waals surface area contributed by atoms with Gasteiger partial charge < -0.3 is 14.4 Å². The zero-order valence-corrected chi connectivity index (χ0v) is 16.1. The number of pyridine rings is 1. The lowest BCUT2D eigenvalue weighted by Crippen LogP contribution is -2.39. The van der Waals surface area contributed by atoms with Gasteiger partial charge in [0.1, 0.15) is 5.69 Å². The number of nitrogens with one attached hydrogen (secondary N) is 1. The predicted octanol–water partition coefficient (Wildman–Crippen LogP) is 4.71. The number of hydrogen-bond acceptors (Lipinski definition) is 4. The van der Waals surface area contributed by atoms with Crippen molar-refractivity contribution in [2.24, 2.45) is 0 Å². The molecule has 1 fully saturated rings. The number of nitrogens with zero attached hydrogens (tertiary/aromatic N) is 3. The third-order valence-corrected chi connectivity index (χ3v) is 5.27. The van der Waals surface area contributed by atoms with Crippen molar-refractivity contribution in [3.05, 3.63) is 47.1 Å². The summed E-state index contributed by atoms with van der Waals surface area (Å²) >= 11 is 0. The summed E-state index contributed by atoms with van der Waals surface area (Å²) in [5.41, 5.74) is 1.42. The molecule has 0 aromatic carbocycles. The molecule has 1 amide bonds. The van der Waals surface area contributed by atoms with Gasteiger partial charge in [0, 0.05) is 30.8 Å². The summed E-state index contributed by atoms with van der Waals surface area (Å²) in [6.07, 6.45) is -2.86. The van der Waals surface area contributed by atoms with Crippen molar-refractivity contribution < 1.29 is 22.5 Å². The Hall–Kier alpha value is -2.84. The van der Waals surface area contributed by atoms with Gasteiger partial charge in [-0.1, -0.05) is 19.0 Å². The third-order valence-electron chi connectivity index (χ3n) is 5.27. The number of piperidine rings is 1. The largest absolute Gasteiger partial charge is 0.433 e. The summed E-state index contributed by atoms with van der Waals surface area (Å²) in [6.45, 7) is 4.99. The molecule has 1 atom stereocenters. The Morgan fingerprint density at radius 3 is 2.79 bits per heavy atom. The monoisotopic (exact) mass is 406 g/mol. The molecule has 1 aliphatic heterocycles. The van der Waals surface area contributed by atoms with Crippen LogP contribution in [0.4, 0.5) is 13.2 Å². The van der Waals surface area contributed by atoms with Crippen LogP contribution in [0.5, 0.6) is 0 Å². The van der Waals surface area contributed by atoms with Crippen LogP contribution in [0, 0.1) is 0 Å². The second-order valence-electron chi connectivity index (χ2n) is 7.71. The lowest BCUT2D eigenvalue weighted by Gasteiger charge is -2.31. The van der Waals surface area contributed by atoms with Crippen molar-refractivity contribution >= 4 is 16.9 Å². The third kappa shape index (κ3) is 3.86. The molecular formula is C20H21F3N4O2. The van der Waals surface area contributed by atoms with Crippen molar-refractivity contribution in [1.82, 2.24) is 20.0 Å². The van der Waals surface area contributed by atoms with E-state index in [2.05, 4.69) is 15.1 Å². The standard InChI is InChI=1S/C20H21F3N4O2/c1-11(2)14-9-17(29-26-14)19(28)27-7-3-4-12(10-27)15-8-16-13(24-15)5-6-18(25-16)20(21,22)23/h5-6,8-9,11-12,24H,3-4,7,10H2,1-2H3. The number of likely N-dealkylation sites (tertiary alicyclic amines) is 1. The van der Waals surface area contributed by atoms with E-state index in [4.69, 9.17) is 4.52 Å². The summed E-state index contributed by atoms with van der Waals surface area (Å²) in [4.78, 5) is 21.4. The molecule has 6 nitrogen and oxygen atoms in total. The van der Waals surface area contributed by atoms with Crippen LogP contribution in [0.2, 0.25) is 0 Å². The first-order chi connectivity index (χ1) is 13.7. The molecule has 29 heavy (non-hydrogen) atoms. The van der Waals surface area contributed by atoms with Gasteiger partial charge in [-0.2, -0.15) is 13.2 Å². The zero-order valence-electron chi connectivity index (χ0n) is 16.1. The zero-order chi connectivity index (χ0) is 20.8. The van der Waals surface area contributed by atoms with Crippen molar-refractivity contribution in [3.63, 3.8) is 0 Å². The van der Waals surface area contributed by atoms with Gasteiger partial charge in [0.25, 0.3) is 5.91 Å². The van der Waals surface area contributed by atoms with Gasteiger partial charge in [-0.05, 0) is 37.0 Å². The van der Waals surface area contributed by atoms with Gasteiger partial charge in [0.2, 0.25) is 5.76 Å². The van der Waals surface area contributed by atoms with Gasteiger partial charge in [0.15, 0.2) is 0 Å². The molecule has 9 heteroatoms. The van der Waals surface area contributed by atoms with E-state index in [9.17, 15) is 18.0 Å². The molecule has 1 N–H and O–H groups in total. The number of carbonyl (C=O) groups excluding carboxylic acids is 1. The first kappa shape index (κ1) is 19.5. The van der Waals surface area contributed by atoms with E-state index in [1.807, 2.05) is 13.8 Å². The first-order valence-electron chi connectivity index (χ1n) is 9.55. The number of halogens is 3. The van der Waals surface area contributed by atoms with Gasteiger partial charge in [0.05, 0.1) is 16.7 Å². The summed E-state index contributed by atoms with van der Waals surface area (Å²) in [7, 11) is 0. The molecule has 0 spiro atoms. The molecule has 1 unspecified atom stereocenters. The van der Waals surface area contributed by atoms with Gasteiger partial charge in [-0.15, -0.1) is 0 Å². The van der Waals surface area contributed by atoms with Crippen molar-refractivity contribution in [2.75, 3.05) is 13.1 Å². The van der Waals surface area contributed by atoms with E-state index in [-0.39, 0.29) is 29.0 Å². The number of aromatic nitrogens is 3. The number of H-pyrrole nitrogens is 1. The Bertz CT molecular complexity index is 1040. The van der Waals surface area contributed by atoms with Crippen LogP contribution in [0.1, 0.15) is 66.2 Å². The first-order valence-corrected chi connectivity index (χ1v) is 9.55. The number of fused-ring (bicyclic) bond motifs is 1. The molecule has 1 aliphatic rings. The average Bonchev–Trinajstić information content (AvgIpc) is 3.33. The molecule has 0 bridgehead atoms. The molecule has 4 rings (SSSR count). The molecule has 3 aromatic rings. The van der Waals surface area contributed by atoms with Gasteiger partial charge in [-0.25, -0.2) is 4.98 Å². The van der Waals surface area contributed by atoms with Gasteiger partial charge >= 0.3 is 6.18 Å². The second kappa shape index (κ2) is 7.20. The highest BCUT2D eigenvalue weighted by molar-refractivity contribution is 5.91. The minimum absolute atomic E-state index is 0.0104. The Morgan fingerprint density at radius 2 is 2.10 bits per heavy atom. The molecule has 3 aromatic heterocycles. The normalized spacial score (nSPS) is 18.0. The topological polar surface area (TPSA) is 75.0 Å². The number of rotatable bonds is 3. The molecule has 0 aliphatic carbocycles. The molecule has 1 saturated heterocycles. The maximum absolute atomic E-state index is 12.9. The average molecular weight is 406 g/mol. The summed E-state index contributed by atoms with van der Waals surface area (Å²) in [6, 6.07) is 5.68. The summed E-state index contributed by atoms with van der Waals surface area (Å²) < 4.78 is 43.9. The smallest absolute Gasteiger partial charge is 0.357 e. The fraction of sp³-hybridized carbons (Fsp3) is 0.450. The highest BCUT2D eigenvalue weighted by Gasteiger charge is 2.33. The van der Waals surface area contributed by atoms with Crippen LogP contribution in [-0.2, 0) is 6.18 Å². The number of alkyl halides is 3. The van der Waals surface area contributed by atoms with Crippen molar-refractivity contribution in [3.8, 4) is 0 Å². The van der Waals surface area contributed by atoms with Crippen molar-refractivity contribution in [1.29, 1.82) is 0 Å². The Kier molecular flexibility index (Phi) is 4.84. The highest BCUT2D eigenvalue weighted by Crippen LogP contribution is 2.32. The van der Waals surface area contributed by atoms with Crippen LogP contribution in [0.3, 0.4) is 0 Å². The van der Waals surface area contributed by atoms with E-state index < -0.39 is 11.9 Å². The number of carbonyl (C=O) groups is 1. The van der Waals surface area contributed by atoms with Crippen LogP contribution in [0.15, 0.2) is 28.8 Å². The Morgan fingerprint density at radius 1 is 1.31 bits per heavy atom. The van der Waals surface area contributed by atoms with Crippen LogP contribution < -0.4 is 0 Å². The molecule has 0 saturated carbocycles. The van der Waals surface area contributed by atoms with E-state index >= 15 is 0 Å². The van der Waals surface area contributed by atoms with Crippen LogP contribution in [0.25, 0.3) is 11.0 Å². The predicted molar refractivity (Wildman–Crippen MR) is 99.6 cm³/mol. The van der Waals surface area contributed by atoms with E-state index in [0.29, 0.717) is 18.6 Å². The van der Waals surface area contributed by atoms with Crippen LogP contribution in [-0.4, -0.2) is 39.0 Å². The number of hydrogen-bond donors (Lipinski definition) is 1. The van der Waals surface area contributed by atoms with E-state index in [0.717, 1.165) is 30.3 Å². The Balaban J connectivity index is 1.54. The van der Waals surface area contributed by atoms with Crippen molar-refractivity contribution in [2.45, 2.75) is 44.7 Å². The maximum Gasteiger partial charge on any atom is 0.433 e. The fourth-order valence-electron chi connectivity index (χ4n) is 3.64. The number of amides is 1. The molecule has 4 heterocycles. The minimum atomic E-state index is -4.48. The summed E-state index contributed by atoms with van der Waals surface area (Å²) in [5.74, 6) is 0.142. The molecular weight excluding hydrogens is 385 g/mol. The number of aromatic amines is 1. The molecule has 0 radical (unpaired) electrons. The van der Waals surface area contributed by atoms with Gasteiger partial charge in [-0.3, -0.25) is 4.79 Å².